The van der Waals surface area contributed by atoms with E-state index in [4.69, 9.17) is 0 Å². The van der Waals surface area contributed by atoms with Gasteiger partial charge in [-0.25, -0.2) is 8.42 Å². The molecule has 0 heterocycles. The first-order chi connectivity index (χ1) is 9.21. The summed E-state index contributed by atoms with van der Waals surface area (Å²) < 4.78 is 25.1. The highest BCUT2D eigenvalue weighted by Gasteiger charge is 2.23. The number of rotatable bonds is 2. The number of hydrogen-bond acceptors (Lipinski definition) is 4. The van der Waals surface area contributed by atoms with Crippen LogP contribution in [-0.4, -0.2) is 18.6 Å². The molecule has 0 amide bonds. The van der Waals surface area contributed by atoms with Crippen LogP contribution in [0.15, 0.2) is 40.1 Å². The van der Waals surface area contributed by atoms with Gasteiger partial charge in [-0.3, -0.25) is 0 Å². The molecule has 0 spiro atoms. The Morgan fingerprint density at radius 3 is 2.05 bits per heavy atom. The molecule has 106 valence electrons. The Kier molecular flexibility index (Phi) is 3.48. The number of benzene rings is 2. The minimum Gasteiger partial charge on any atom is -0.508 e. The molecule has 4 nitrogen and oxygen atoms in total. The molecule has 0 aliphatic heterocycles. The van der Waals surface area contributed by atoms with Gasteiger partial charge in [-0.2, -0.15) is 0 Å². The van der Waals surface area contributed by atoms with Crippen LogP contribution in [0.2, 0.25) is 0 Å². The Morgan fingerprint density at radius 1 is 0.850 bits per heavy atom. The zero-order valence-electron chi connectivity index (χ0n) is 11.5. The Hall–Kier alpha value is -2.01. The lowest BCUT2D eigenvalue weighted by molar-refractivity contribution is 0.457. The van der Waals surface area contributed by atoms with E-state index < -0.39 is 9.84 Å². The second kappa shape index (κ2) is 4.83. The summed E-state index contributed by atoms with van der Waals surface area (Å²) in [5.41, 5.74) is 2.22. The second-order valence-corrected chi connectivity index (χ2v) is 6.83. The quantitative estimate of drug-likeness (QED) is 0.892. The van der Waals surface area contributed by atoms with Crippen molar-refractivity contribution in [2.45, 2.75) is 30.6 Å². The maximum atomic E-state index is 12.6. The third-order valence-electron chi connectivity index (χ3n) is 3.21. The van der Waals surface area contributed by atoms with Crippen molar-refractivity contribution >= 4 is 9.84 Å². The van der Waals surface area contributed by atoms with Crippen molar-refractivity contribution in [2.75, 3.05) is 0 Å². The molecule has 2 rings (SSSR count). The Labute approximate surface area is 118 Å². The van der Waals surface area contributed by atoms with E-state index in [0.29, 0.717) is 5.56 Å². The smallest absolute Gasteiger partial charge is 0.210 e. The van der Waals surface area contributed by atoms with Gasteiger partial charge < -0.3 is 10.2 Å². The van der Waals surface area contributed by atoms with Gasteiger partial charge >= 0.3 is 0 Å². The number of aromatic hydroxyl groups is 2. The number of hydrogen-bond donors (Lipinski definition) is 2. The van der Waals surface area contributed by atoms with Crippen molar-refractivity contribution in [2.24, 2.45) is 0 Å². The molecule has 0 atom stereocenters. The van der Waals surface area contributed by atoms with E-state index in [9.17, 15) is 18.6 Å². The Balaban J connectivity index is 2.70. The fourth-order valence-corrected chi connectivity index (χ4v) is 3.54. The van der Waals surface area contributed by atoms with Crippen molar-refractivity contribution in [3.63, 3.8) is 0 Å². The maximum absolute atomic E-state index is 12.6. The van der Waals surface area contributed by atoms with Crippen molar-refractivity contribution in [3.05, 3.63) is 47.0 Å². The first-order valence-electron chi connectivity index (χ1n) is 6.08. The summed E-state index contributed by atoms with van der Waals surface area (Å²) in [6.45, 7) is 5.27. The molecule has 2 N–H and O–H groups in total. The highest BCUT2D eigenvalue weighted by atomic mass is 32.2. The fraction of sp³-hybridized carbons (Fsp3) is 0.200. The van der Waals surface area contributed by atoms with Crippen molar-refractivity contribution in [1.29, 1.82) is 0 Å². The van der Waals surface area contributed by atoms with Gasteiger partial charge in [0, 0.05) is 0 Å². The molecular formula is C15H16O4S. The average Bonchev–Trinajstić information content (AvgIpc) is 2.32. The van der Waals surface area contributed by atoms with Gasteiger partial charge in [0.05, 0.1) is 4.90 Å². The van der Waals surface area contributed by atoms with Gasteiger partial charge in [-0.1, -0.05) is 0 Å². The molecule has 0 saturated carbocycles. The Morgan fingerprint density at radius 2 is 1.45 bits per heavy atom. The van der Waals surface area contributed by atoms with Gasteiger partial charge in [-0.15, -0.1) is 0 Å². The molecule has 0 fully saturated rings. The zero-order chi connectivity index (χ0) is 15.1. The van der Waals surface area contributed by atoms with Crippen LogP contribution in [0.5, 0.6) is 11.5 Å². The van der Waals surface area contributed by atoms with Crippen LogP contribution >= 0.6 is 0 Å². The Bertz CT molecular complexity index is 756. The lowest BCUT2D eigenvalue weighted by Crippen LogP contribution is -2.04. The van der Waals surface area contributed by atoms with Crippen LogP contribution in [-0.2, 0) is 9.84 Å². The molecule has 2 aromatic carbocycles. The lowest BCUT2D eigenvalue weighted by Gasteiger charge is -2.10. The topological polar surface area (TPSA) is 74.6 Å². The number of sulfone groups is 1. The van der Waals surface area contributed by atoms with Gasteiger partial charge in [0.15, 0.2) is 0 Å². The molecular weight excluding hydrogens is 276 g/mol. The van der Waals surface area contributed by atoms with E-state index in [-0.39, 0.29) is 21.3 Å². The van der Waals surface area contributed by atoms with E-state index in [2.05, 4.69) is 0 Å². The largest absolute Gasteiger partial charge is 0.508 e. The first kappa shape index (κ1) is 14.4. The molecule has 0 saturated heterocycles. The summed E-state index contributed by atoms with van der Waals surface area (Å²) in [5, 5.41) is 19.5. The molecule has 2 aromatic rings. The minimum absolute atomic E-state index is 0.0337. The summed E-state index contributed by atoms with van der Waals surface area (Å²) in [7, 11) is -3.86. The summed E-state index contributed by atoms with van der Waals surface area (Å²) in [4.78, 5) is -0.181. The van der Waals surface area contributed by atoms with E-state index in [1.807, 2.05) is 0 Å². The number of phenols is 2. The SMILES string of the molecule is Cc1cc(O)cc(S(=O)(=O)c2cc(C)c(C)cc2O)c1. The lowest BCUT2D eigenvalue weighted by atomic mass is 10.1. The highest BCUT2D eigenvalue weighted by molar-refractivity contribution is 7.91. The van der Waals surface area contributed by atoms with Crippen molar-refractivity contribution < 1.29 is 18.6 Å². The van der Waals surface area contributed by atoms with Crippen LogP contribution in [0.4, 0.5) is 0 Å². The molecule has 0 bridgehead atoms. The fourth-order valence-electron chi connectivity index (χ4n) is 2.00. The second-order valence-electron chi connectivity index (χ2n) is 4.91. The van der Waals surface area contributed by atoms with E-state index >= 15 is 0 Å². The van der Waals surface area contributed by atoms with Crippen LogP contribution < -0.4 is 0 Å². The predicted molar refractivity (Wildman–Crippen MR) is 75.9 cm³/mol. The molecule has 0 radical (unpaired) electrons. The molecule has 0 aliphatic rings. The first-order valence-corrected chi connectivity index (χ1v) is 7.56. The van der Waals surface area contributed by atoms with Crippen LogP contribution in [0.1, 0.15) is 16.7 Å². The number of phenolic OH excluding ortho intramolecular Hbond substituents is 2. The van der Waals surface area contributed by atoms with Gasteiger partial charge in [0.2, 0.25) is 9.84 Å². The number of aryl methyl sites for hydroxylation is 3. The standard InChI is InChI=1S/C15H16O4S/c1-9-4-12(16)8-13(5-9)20(18,19)15-7-11(3)10(2)6-14(15)17/h4-8,16-17H,1-3H3. The zero-order valence-corrected chi connectivity index (χ0v) is 12.3. The van der Waals surface area contributed by atoms with E-state index in [1.54, 1.807) is 20.8 Å². The average molecular weight is 292 g/mol. The summed E-state index contributed by atoms with van der Waals surface area (Å²) in [5.74, 6) is -0.402. The minimum atomic E-state index is -3.86. The van der Waals surface area contributed by atoms with Crippen LogP contribution in [0.3, 0.4) is 0 Å². The van der Waals surface area contributed by atoms with Gasteiger partial charge in [-0.05, 0) is 67.8 Å². The van der Waals surface area contributed by atoms with Crippen LogP contribution in [0, 0.1) is 20.8 Å². The monoisotopic (exact) mass is 292 g/mol. The molecule has 5 heteroatoms. The molecule has 0 unspecified atom stereocenters. The molecule has 20 heavy (non-hydrogen) atoms. The summed E-state index contributed by atoms with van der Waals surface area (Å²) >= 11 is 0. The normalized spacial score (nSPS) is 11.6. The third-order valence-corrected chi connectivity index (χ3v) is 4.97. The molecule has 0 aromatic heterocycles. The van der Waals surface area contributed by atoms with Gasteiger partial charge in [0.25, 0.3) is 0 Å². The van der Waals surface area contributed by atoms with E-state index in [0.717, 1.165) is 11.1 Å². The molecule has 0 aliphatic carbocycles. The van der Waals surface area contributed by atoms with E-state index in [1.165, 1.54) is 30.3 Å². The van der Waals surface area contributed by atoms with Gasteiger partial charge in [0.1, 0.15) is 16.4 Å². The van der Waals surface area contributed by atoms with Crippen LogP contribution in [0.25, 0.3) is 0 Å². The maximum Gasteiger partial charge on any atom is 0.210 e. The summed E-state index contributed by atoms with van der Waals surface area (Å²) in [6, 6.07) is 6.98. The predicted octanol–water partition coefficient (Wildman–Crippen LogP) is 2.86. The van der Waals surface area contributed by atoms with Crippen molar-refractivity contribution in [1.82, 2.24) is 0 Å². The highest BCUT2D eigenvalue weighted by Crippen LogP contribution is 2.32. The summed E-state index contributed by atoms with van der Waals surface area (Å²) in [6.07, 6.45) is 0. The van der Waals surface area contributed by atoms with Crippen molar-refractivity contribution in [3.8, 4) is 11.5 Å². The third kappa shape index (κ3) is 2.49.